The van der Waals surface area contributed by atoms with Crippen LogP contribution in [0.2, 0.25) is 0 Å². The fourth-order valence-electron chi connectivity index (χ4n) is 2.10. The molecule has 0 amide bonds. The molecule has 3 aliphatic rings. The van der Waals surface area contributed by atoms with Gasteiger partial charge in [-0.1, -0.05) is 0 Å². The van der Waals surface area contributed by atoms with E-state index in [4.69, 9.17) is 4.74 Å². The van der Waals surface area contributed by atoms with Gasteiger partial charge in [-0.05, 0) is 0 Å². The van der Waals surface area contributed by atoms with E-state index in [0.717, 1.165) is 19.6 Å². The minimum Gasteiger partial charge on any atom is -0.464 e. The second-order valence-corrected chi connectivity index (χ2v) is 3.79. The van der Waals surface area contributed by atoms with E-state index in [0.29, 0.717) is 12.6 Å². The van der Waals surface area contributed by atoms with Crippen LogP contribution in [0.3, 0.4) is 0 Å². The van der Waals surface area contributed by atoms with Crippen molar-refractivity contribution in [3.8, 4) is 0 Å². The summed E-state index contributed by atoms with van der Waals surface area (Å²) in [6.45, 7) is 7.71. The minimum absolute atomic E-state index is 0.169. The van der Waals surface area contributed by atoms with Gasteiger partial charge in [0.15, 0.2) is 0 Å². The SMILES string of the molecule is CC(=O)OCC1CN2CCN1CC2. The molecular formula is C9H16N2O2. The predicted molar refractivity (Wildman–Crippen MR) is 48.4 cm³/mol. The maximum absolute atomic E-state index is 10.6. The standard InChI is InChI=1S/C9H16N2O2/c1-8(12)13-7-9-6-10-2-4-11(9)5-3-10/h9H,2-7H2,1H3. The van der Waals surface area contributed by atoms with Crippen LogP contribution in [0.1, 0.15) is 6.92 Å². The average Bonchev–Trinajstić information content (AvgIpc) is 2.17. The van der Waals surface area contributed by atoms with Gasteiger partial charge >= 0.3 is 5.97 Å². The topological polar surface area (TPSA) is 32.8 Å². The summed E-state index contributed by atoms with van der Waals surface area (Å²) < 4.78 is 5.03. The number of carbonyl (C=O) groups is 1. The Balaban J connectivity index is 1.83. The van der Waals surface area contributed by atoms with Gasteiger partial charge in [0.25, 0.3) is 0 Å². The fourth-order valence-corrected chi connectivity index (χ4v) is 2.10. The number of carbonyl (C=O) groups excluding carboxylic acids is 1. The number of piperazine rings is 3. The highest BCUT2D eigenvalue weighted by Crippen LogP contribution is 2.15. The molecule has 0 aromatic heterocycles. The van der Waals surface area contributed by atoms with E-state index in [-0.39, 0.29) is 5.97 Å². The minimum atomic E-state index is -0.169. The van der Waals surface area contributed by atoms with Crippen LogP contribution in [-0.2, 0) is 9.53 Å². The first-order valence-corrected chi connectivity index (χ1v) is 4.85. The van der Waals surface area contributed by atoms with Crippen molar-refractivity contribution in [3.63, 3.8) is 0 Å². The molecule has 74 valence electrons. The Bertz CT molecular complexity index is 200. The Hall–Kier alpha value is -0.610. The van der Waals surface area contributed by atoms with E-state index in [9.17, 15) is 4.79 Å². The summed E-state index contributed by atoms with van der Waals surface area (Å²) in [5.41, 5.74) is 0. The van der Waals surface area contributed by atoms with Crippen LogP contribution in [0.15, 0.2) is 0 Å². The lowest BCUT2D eigenvalue weighted by Crippen LogP contribution is -2.62. The number of hydrogen-bond acceptors (Lipinski definition) is 4. The summed E-state index contributed by atoms with van der Waals surface area (Å²) in [5, 5.41) is 0. The molecule has 3 aliphatic heterocycles. The molecule has 4 heteroatoms. The smallest absolute Gasteiger partial charge is 0.302 e. The second-order valence-electron chi connectivity index (χ2n) is 3.79. The molecule has 0 saturated carbocycles. The second kappa shape index (κ2) is 3.64. The van der Waals surface area contributed by atoms with Crippen LogP contribution in [0.5, 0.6) is 0 Å². The van der Waals surface area contributed by atoms with Crippen LogP contribution in [0.4, 0.5) is 0 Å². The number of fused-ring (bicyclic) bond motifs is 3. The van der Waals surface area contributed by atoms with Crippen molar-refractivity contribution >= 4 is 5.97 Å². The highest BCUT2D eigenvalue weighted by molar-refractivity contribution is 5.65. The van der Waals surface area contributed by atoms with E-state index in [1.54, 1.807) is 0 Å². The van der Waals surface area contributed by atoms with Gasteiger partial charge in [-0.15, -0.1) is 0 Å². The molecule has 0 radical (unpaired) electrons. The number of ether oxygens (including phenoxy) is 1. The van der Waals surface area contributed by atoms with Crippen molar-refractivity contribution in [1.29, 1.82) is 0 Å². The number of nitrogens with zero attached hydrogens (tertiary/aromatic N) is 2. The molecule has 0 spiro atoms. The van der Waals surface area contributed by atoms with Crippen molar-refractivity contribution in [2.75, 3.05) is 39.3 Å². The Morgan fingerprint density at radius 2 is 2.08 bits per heavy atom. The molecule has 3 saturated heterocycles. The van der Waals surface area contributed by atoms with Gasteiger partial charge in [0, 0.05) is 39.6 Å². The van der Waals surface area contributed by atoms with Gasteiger partial charge in [-0.25, -0.2) is 0 Å². The summed E-state index contributed by atoms with van der Waals surface area (Å²) in [6, 6.07) is 0.436. The molecule has 0 N–H and O–H groups in total. The largest absolute Gasteiger partial charge is 0.464 e. The third kappa shape index (κ3) is 2.00. The van der Waals surface area contributed by atoms with E-state index in [2.05, 4.69) is 9.80 Å². The quantitative estimate of drug-likeness (QED) is 0.544. The molecule has 13 heavy (non-hydrogen) atoms. The van der Waals surface area contributed by atoms with Crippen molar-refractivity contribution in [2.24, 2.45) is 0 Å². The molecule has 3 fully saturated rings. The summed E-state index contributed by atoms with van der Waals surface area (Å²) in [5.74, 6) is -0.169. The van der Waals surface area contributed by atoms with Gasteiger partial charge in [0.1, 0.15) is 6.61 Å². The fraction of sp³-hybridized carbons (Fsp3) is 0.889. The number of rotatable bonds is 2. The number of hydrogen-bond donors (Lipinski definition) is 0. The van der Waals surface area contributed by atoms with Crippen molar-refractivity contribution in [1.82, 2.24) is 9.80 Å². The molecule has 2 bridgehead atoms. The van der Waals surface area contributed by atoms with Gasteiger partial charge in [-0.2, -0.15) is 0 Å². The van der Waals surface area contributed by atoms with Gasteiger partial charge in [0.2, 0.25) is 0 Å². The molecule has 1 atom stereocenters. The highest BCUT2D eigenvalue weighted by atomic mass is 16.5. The van der Waals surface area contributed by atoms with Crippen LogP contribution >= 0.6 is 0 Å². The third-order valence-corrected chi connectivity index (χ3v) is 2.87. The highest BCUT2D eigenvalue weighted by Gasteiger charge is 2.32. The summed E-state index contributed by atoms with van der Waals surface area (Å²) in [7, 11) is 0. The zero-order chi connectivity index (χ0) is 9.26. The van der Waals surface area contributed by atoms with Gasteiger partial charge < -0.3 is 4.74 Å². The molecular weight excluding hydrogens is 168 g/mol. The van der Waals surface area contributed by atoms with Crippen LogP contribution < -0.4 is 0 Å². The lowest BCUT2D eigenvalue weighted by Gasteiger charge is -2.47. The van der Waals surface area contributed by atoms with Crippen LogP contribution in [0, 0.1) is 0 Å². The van der Waals surface area contributed by atoms with Crippen molar-refractivity contribution < 1.29 is 9.53 Å². The first kappa shape index (κ1) is 8.97. The lowest BCUT2D eigenvalue weighted by molar-refractivity contribution is -0.144. The average molecular weight is 184 g/mol. The van der Waals surface area contributed by atoms with Crippen LogP contribution in [0.25, 0.3) is 0 Å². The van der Waals surface area contributed by atoms with E-state index in [1.165, 1.54) is 20.0 Å². The van der Waals surface area contributed by atoms with Crippen molar-refractivity contribution in [2.45, 2.75) is 13.0 Å². The Morgan fingerprint density at radius 3 is 2.54 bits per heavy atom. The zero-order valence-electron chi connectivity index (χ0n) is 8.03. The molecule has 3 heterocycles. The molecule has 0 aromatic rings. The monoisotopic (exact) mass is 184 g/mol. The Morgan fingerprint density at radius 1 is 1.38 bits per heavy atom. The van der Waals surface area contributed by atoms with Gasteiger partial charge in [-0.3, -0.25) is 14.6 Å². The first-order chi connectivity index (χ1) is 6.25. The van der Waals surface area contributed by atoms with E-state index < -0.39 is 0 Å². The zero-order valence-corrected chi connectivity index (χ0v) is 8.03. The predicted octanol–water partition coefficient (Wildman–Crippen LogP) is -0.451. The molecule has 1 unspecified atom stereocenters. The third-order valence-electron chi connectivity index (χ3n) is 2.87. The normalized spacial score (nSPS) is 37.5. The molecule has 3 rings (SSSR count). The van der Waals surface area contributed by atoms with Gasteiger partial charge in [0.05, 0.1) is 6.04 Å². The van der Waals surface area contributed by atoms with Crippen molar-refractivity contribution in [3.05, 3.63) is 0 Å². The summed E-state index contributed by atoms with van der Waals surface area (Å²) in [6.07, 6.45) is 0. The first-order valence-electron chi connectivity index (χ1n) is 4.85. The maximum Gasteiger partial charge on any atom is 0.302 e. The van der Waals surface area contributed by atoms with Crippen LogP contribution in [-0.4, -0.2) is 61.1 Å². The maximum atomic E-state index is 10.6. The molecule has 0 aliphatic carbocycles. The molecule has 4 nitrogen and oxygen atoms in total. The van der Waals surface area contributed by atoms with E-state index >= 15 is 0 Å². The summed E-state index contributed by atoms with van der Waals surface area (Å²) in [4.78, 5) is 15.5. The Labute approximate surface area is 78.4 Å². The Kier molecular flexibility index (Phi) is 2.51. The van der Waals surface area contributed by atoms with E-state index in [1.807, 2.05) is 0 Å². The number of esters is 1. The summed E-state index contributed by atoms with van der Waals surface area (Å²) >= 11 is 0. The lowest BCUT2D eigenvalue weighted by atomic mass is 10.1. The molecule has 0 aromatic carbocycles.